The van der Waals surface area contributed by atoms with E-state index in [0.717, 1.165) is 24.3 Å². The molecule has 1 aromatic heterocycles. The molecule has 3 aromatic rings. The first kappa shape index (κ1) is 24.2. The maximum Gasteiger partial charge on any atom is 0.264 e. The van der Waals surface area contributed by atoms with Crippen LogP contribution >= 0.6 is 0 Å². The van der Waals surface area contributed by atoms with Gasteiger partial charge in [-0.3, -0.25) is 9.78 Å². The number of benzene rings is 2. The zero-order valence-corrected chi connectivity index (χ0v) is 20.1. The molecule has 9 nitrogen and oxygen atoms in total. The monoisotopic (exact) mass is 456 g/mol. The van der Waals surface area contributed by atoms with Gasteiger partial charge in [-0.15, -0.1) is 0 Å². The van der Waals surface area contributed by atoms with Crippen LogP contribution in [0.5, 0.6) is 23.0 Å². The molecule has 0 amide bonds. The molecule has 0 saturated heterocycles. The lowest BCUT2D eigenvalue weighted by Gasteiger charge is -2.19. The number of aromatic amines is 1. The normalized spacial score (nSPS) is 11.0. The third-order valence-electron chi connectivity index (χ3n) is 5.21. The van der Waals surface area contributed by atoms with E-state index in [9.17, 15) is 4.79 Å². The van der Waals surface area contributed by atoms with Crippen molar-refractivity contribution >= 4 is 16.9 Å². The van der Waals surface area contributed by atoms with Crippen LogP contribution in [0.2, 0.25) is 0 Å². The number of nitrogens with one attached hydrogen (secondary N) is 1. The molecule has 2 aromatic carbocycles. The number of nitrogens with zero attached hydrogens (tertiary/aromatic N) is 3. The van der Waals surface area contributed by atoms with E-state index in [2.05, 4.69) is 14.9 Å². The van der Waals surface area contributed by atoms with E-state index in [4.69, 9.17) is 18.9 Å². The lowest BCUT2D eigenvalue weighted by atomic mass is 10.2. The second kappa shape index (κ2) is 10.9. The summed E-state index contributed by atoms with van der Waals surface area (Å²) in [4.78, 5) is 24.4. The minimum atomic E-state index is -0.318. The van der Waals surface area contributed by atoms with E-state index in [1.807, 2.05) is 50.3 Å². The van der Waals surface area contributed by atoms with Crippen molar-refractivity contribution in [3.8, 4) is 23.0 Å². The average molecular weight is 457 g/mol. The average Bonchev–Trinajstić information content (AvgIpc) is 2.81. The van der Waals surface area contributed by atoms with Gasteiger partial charge in [-0.25, -0.2) is 4.98 Å². The zero-order valence-electron chi connectivity index (χ0n) is 20.1. The van der Waals surface area contributed by atoms with Crippen molar-refractivity contribution in [2.24, 2.45) is 0 Å². The van der Waals surface area contributed by atoms with Gasteiger partial charge in [0, 0.05) is 26.2 Å². The number of fused-ring (bicyclic) bond motifs is 1. The fraction of sp³-hybridized carbons (Fsp3) is 0.417. The van der Waals surface area contributed by atoms with Gasteiger partial charge in [0.2, 0.25) is 11.7 Å². The van der Waals surface area contributed by atoms with Gasteiger partial charge in [-0.2, -0.15) is 0 Å². The summed E-state index contributed by atoms with van der Waals surface area (Å²) in [5.41, 5.74) is 1.20. The second-order valence-corrected chi connectivity index (χ2v) is 7.93. The van der Waals surface area contributed by atoms with Gasteiger partial charge >= 0.3 is 0 Å². The Morgan fingerprint density at radius 3 is 2.27 bits per heavy atom. The van der Waals surface area contributed by atoms with E-state index in [-0.39, 0.29) is 11.3 Å². The molecule has 1 heterocycles. The van der Waals surface area contributed by atoms with Crippen LogP contribution < -0.4 is 29.4 Å². The third kappa shape index (κ3) is 5.67. The molecule has 0 saturated carbocycles. The topological polar surface area (TPSA) is 89.2 Å². The SMILES string of the molecule is COc1cc2nc(N(C)Cc3ccc(OCCCN(C)C)cc3)[nH]c(=O)c2c(OC)c1OC. The van der Waals surface area contributed by atoms with Crippen molar-refractivity contribution in [1.82, 2.24) is 14.9 Å². The molecular weight excluding hydrogens is 424 g/mol. The maximum absolute atomic E-state index is 12.9. The smallest absolute Gasteiger partial charge is 0.264 e. The van der Waals surface area contributed by atoms with Crippen LogP contribution in [0.3, 0.4) is 0 Å². The van der Waals surface area contributed by atoms with Crippen LogP contribution in [0.25, 0.3) is 10.9 Å². The van der Waals surface area contributed by atoms with Crippen molar-refractivity contribution in [2.75, 3.05) is 60.5 Å². The molecular formula is C24H32N4O5. The minimum absolute atomic E-state index is 0.288. The molecule has 3 rings (SSSR count). The van der Waals surface area contributed by atoms with Crippen molar-refractivity contribution in [2.45, 2.75) is 13.0 Å². The standard InChI is InChI=1S/C24H32N4O5/c1-27(2)12-7-13-33-17-10-8-16(9-11-17)15-28(3)24-25-18-14-19(30-4)21(31-5)22(32-6)20(18)23(29)26-24/h8-11,14H,7,12-13,15H2,1-6H3,(H,25,26,29). The number of methoxy groups -OCH3 is 3. The maximum atomic E-state index is 12.9. The predicted molar refractivity (Wildman–Crippen MR) is 129 cm³/mol. The molecule has 0 unspecified atom stereocenters. The van der Waals surface area contributed by atoms with Crippen LogP contribution in [-0.4, -0.2) is 70.5 Å². The quantitative estimate of drug-likeness (QED) is 0.441. The number of hydrogen-bond donors (Lipinski definition) is 1. The number of H-pyrrole nitrogens is 1. The first-order chi connectivity index (χ1) is 15.9. The van der Waals surface area contributed by atoms with Crippen molar-refractivity contribution in [1.29, 1.82) is 0 Å². The lowest BCUT2D eigenvalue weighted by Crippen LogP contribution is -2.23. The summed E-state index contributed by atoms with van der Waals surface area (Å²) in [6.07, 6.45) is 0.972. The van der Waals surface area contributed by atoms with Crippen molar-refractivity contribution in [3.63, 3.8) is 0 Å². The number of aromatic nitrogens is 2. The Morgan fingerprint density at radius 1 is 0.970 bits per heavy atom. The predicted octanol–water partition coefficient (Wildman–Crippen LogP) is 2.92. The summed E-state index contributed by atoms with van der Waals surface area (Å²) in [6, 6.07) is 9.60. The highest BCUT2D eigenvalue weighted by Gasteiger charge is 2.20. The highest BCUT2D eigenvalue weighted by Crippen LogP contribution is 2.41. The second-order valence-electron chi connectivity index (χ2n) is 7.93. The number of hydrogen-bond acceptors (Lipinski definition) is 8. The Balaban J connectivity index is 1.78. The van der Waals surface area contributed by atoms with Gasteiger partial charge < -0.3 is 28.7 Å². The molecule has 0 atom stereocenters. The molecule has 0 radical (unpaired) electrons. The van der Waals surface area contributed by atoms with Gasteiger partial charge in [0.15, 0.2) is 11.5 Å². The van der Waals surface area contributed by atoms with E-state index in [1.54, 1.807) is 6.07 Å². The highest BCUT2D eigenvalue weighted by molar-refractivity contribution is 5.90. The third-order valence-corrected chi connectivity index (χ3v) is 5.21. The molecule has 178 valence electrons. The molecule has 0 spiro atoms. The molecule has 0 bridgehead atoms. The van der Waals surface area contributed by atoms with E-state index in [1.165, 1.54) is 21.3 Å². The minimum Gasteiger partial charge on any atom is -0.494 e. The van der Waals surface area contributed by atoms with E-state index >= 15 is 0 Å². The highest BCUT2D eigenvalue weighted by atomic mass is 16.5. The molecule has 0 fully saturated rings. The summed E-state index contributed by atoms with van der Waals surface area (Å²) >= 11 is 0. The van der Waals surface area contributed by atoms with E-state index in [0.29, 0.717) is 41.5 Å². The Hall–Kier alpha value is -3.46. The Labute approximate surface area is 193 Å². The van der Waals surface area contributed by atoms with Crippen LogP contribution in [-0.2, 0) is 6.54 Å². The van der Waals surface area contributed by atoms with Gasteiger partial charge in [-0.1, -0.05) is 12.1 Å². The summed E-state index contributed by atoms with van der Waals surface area (Å²) in [5, 5.41) is 0.308. The van der Waals surface area contributed by atoms with Crippen molar-refractivity contribution < 1.29 is 18.9 Å². The van der Waals surface area contributed by atoms with Gasteiger partial charge in [-0.05, 0) is 38.2 Å². The van der Waals surface area contributed by atoms with Crippen LogP contribution in [0.4, 0.5) is 5.95 Å². The van der Waals surface area contributed by atoms with Gasteiger partial charge in [0.05, 0.1) is 33.5 Å². The van der Waals surface area contributed by atoms with Crippen LogP contribution in [0.15, 0.2) is 35.1 Å². The molecule has 0 aliphatic carbocycles. The first-order valence-electron chi connectivity index (χ1n) is 10.7. The van der Waals surface area contributed by atoms with Crippen LogP contribution in [0.1, 0.15) is 12.0 Å². The molecule has 9 heteroatoms. The Morgan fingerprint density at radius 2 is 1.67 bits per heavy atom. The molecule has 1 N–H and O–H groups in total. The first-order valence-corrected chi connectivity index (χ1v) is 10.7. The Kier molecular flexibility index (Phi) is 8.00. The van der Waals surface area contributed by atoms with Gasteiger partial charge in [0.25, 0.3) is 5.56 Å². The van der Waals surface area contributed by atoms with Crippen LogP contribution in [0, 0.1) is 0 Å². The number of ether oxygens (including phenoxy) is 4. The number of rotatable bonds is 11. The van der Waals surface area contributed by atoms with Gasteiger partial charge in [0.1, 0.15) is 11.1 Å². The van der Waals surface area contributed by atoms with Crippen molar-refractivity contribution in [3.05, 3.63) is 46.2 Å². The van der Waals surface area contributed by atoms with E-state index < -0.39 is 0 Å². The summed E-state index contributed by atoms with van der Waals surface area (Å²) in [5.74, 6) is 2.35. The molecule has 33 heavy (non-hydrogen) atoms. The Bertz CT molecular complexity index is 1130. The fourth-order valence-electron chi connectivity index (χ4n) is 3.55. The summed E-state index contributed by atoms with van der Waals surface area (Å²) < 4.78 is 22.0. The lowest BCUT2D eigenvalue weighted by molar-refractivity contribution is 0.281. The summed E-state index contributed by atoms with van der Waals surface area (Å²) in [6.45, 7) is 2.22. The molecule has 0 aliphatic rings. The molecule has 0 aliphatic heterocycles. The number of anilines is 1. The summed E-state index contributed by atoms with van der Waals surface area (Å²) in [7, 11) is 10.5. The fourth-order valence-corrected chi connectivity index (χ4v) is 3.55. The zero-order chi connectivity index (χ0) is 24.0. The largest absolute Gasteiger partial charge is 0.494 e.